The second-order valence-corrected chi connectivity index (χ2v) is 5.93. The number of benzene rings is 3. The minimum absolute atomic E-state index is 0.289. The van der Waals surface area contributed by atoms with E-state index in [1.54, 1.807) is 12.1 Å². The Kier molecular flexibility index (Phi) is 3.84. The van der Waals surface area contributed by atoms with Gasteiger partial charge in [-0.1, -0.05) is 59.9 Å². The average molecular weight is 326 g/mol. The molecule has 0 fully saturated rings. The number of hydrogen-bond acceptors (Lipinski definition) is 1. The summed E-state index contributed by atoms with van der Waals surface area (Å²) in [5.74, 6) is 6.69. The molecule has 0 amide bonds. The van der Waals surface area contributed by atoms with Gasteiger partial charge < -0.3 is 4.42 Å². The van der Waals surface area contributed by atoms with Gasteiger partial charge in [0.15, 0.2) is 5.76 Å². The maximum atomic E-state index is 13.4. The highest BCUT2D eigenvalue weighted by Gasteiger charge is 2.14. The molecule has 25 heavy (non-hydrogen) atoms. The van der Waals surface area contributed by atoms with E-state index in [1.165, 1.54) is 17.7 Å². The van der Waals surface area contributed by atoms with Crippen molar-refractivity contribution in [3.63, 3.8) is 0 Å². The maximum absolute atomic E-state index is 13.4. The van der Waals surface area contributed by atoms with Gasteiger partial charge in [-0.05, 0) is 37.3 Å². The van der Waals surface area contributed by atoms with E-state index in [9.17, 15) is 4.39 Å². The molecule has 0 aliphatic rings. The summed E-state index contributed by atoms with van der Waals surface area (Å²) in [6.45, 7) is 2.05. The molecule has 120 valence electrons. The summed E-state index contributed by atoms with van der Waals surface area (Å²) in [5.41, 5.74) is 4.42. The predicted octanol–water partition coefficient (Wildman–Crippen LogP) is 5.95. The zero-order valence-corrected chi connectivity index (χ0v) is 13.7. The number of rotatable bonds is 1. The summed E-state index contributed by atoms with van der Waals surface area (Å²) >= 11 is 0. The lowest BCUT2D eigenvalue weighted by Gasteiger charge is -1.99. The standard InChI is InChI=1S/C23H15FO/c1-16-9-12-18(13-10-16)23-21(20-7-2-3-8-22(20)25-23)14-11-17-5-4-6-19(24)15-17/h2-10,12-13,15H,1H3. The monoisotopic (exact) mass is 326 g/mol. The van der Waals surface area contributed by atoms with Gasteiger partial charge in [-0.15, -0.1) is 0 Å². The van der Waals surface area contributed by atoms with Gasteiger partial charge >= 0.3 is 0 Å². The zero-order chi connectivity index (χ0) is 17.2. The third kappa shape index (κ3) is 3.05. The molecular weight excluding hydrogens is 311 g/mol. The normalized spacial score (nSPS) is 10.5. The van der Waals surface area contributed by atoms with E-state index in [0.717, 1.165) is 27.9 Å². The van der Waals surface area contributed by atoms with Gasteiger partial charge in [0.1, 0.15) is 11.4 Å². The third-order valence-electron chi connectivity index (χ3n) is 4.07. The second kappa shape index (κ2) is 6.30. The molecule has 0 radical (unpaired) electrons. The molecule has 0 aliphatic heterocycles. The summed E-state index contributed by atoms with van der Waals surface area (Å²) in [4.78, 5) is 0. The van der Waals surface area contributed by atoms with Gasteiger partial charge in [-0.3, -0.25) is 0 Å². The Morgan fingerprint density at radius 1 is 0.840 bits per heavy atom. The maximum Gasteiger partial charge on any atom is 0.151 e. The molecule has 1 aromatic heterocycles. The Balaban J connectivity index is 1.90. The Bertz CT molecular complexity index is 1110. The molecule has 4 rings (SSSR count). The van der Waals surface area contributed by atoms with E-state index >= 15 is 0 Å². The highest BCUT2D eigenvalue weighted by Crippen LogP contribution is 2.33. The minimum Gasteiger partial charge on any atom is -0.455 e. The summed E-state index contributed by atoms with van der Waals surface area (Å²) in [5, 5.41) is 0.960. The van der Waals surface area contributed by atoms with Crippen LogP contribution < -0.4 is 0 Å². The summed E-state index contributed by atoms with van der Waals surface area (Å²) in [6.07, 6.45) is 0. The average Bonchev–Trinajstić information content (AvgIpc) is 2.99. The molecule has 3 aromatic carbocycles. The summed E-state index contributed by atoms with van der Waals surface area (Å²) in [7, 11) is 0. The number of hydrogen-bond donors (Lipinski definition) is 0. The van der Waals surface area contributed by atoms with Crippen molar-refractivity contribution in [1.29, 1.82) is 0 Å². The van der Waals surface area contributed by atoms with Crippen LogP contribution in [-0.4, -0.2) is 0 Å². The van der Waals surface area contributed by atoms with Crippen molar-refractivity contribution >= 4 is 11.0 Å². The fraction of sp³-hybridized carbons (Fsp3) is 0.0435. The first-order chi connectivity index (χ1) is 12.2. The Labute approximate surface area is 145 Å². The molecule has 0 saturated carbocycles. The first-order valence-electron chi connectivity index (χ1n) is 8.07. The van der Waals surface area contributed by atoms with Crippen LogP contribution in [0, 0.1) is 24.6 Å². The van der Waals surface area contributed by atoms with Gasteiger partial charge in [0.2, 0.25) is 0 Å². The molecule has 0 bridgehead atoms. The molecule has 0 atom stereocenters. The lowest BCUT2D eigenvalue weighted by molar-refractivity contribution is 0.627. The van der Waals surface area contributed by atoms with Gasteiger partial charge in [0, 0.05) is 16.5 Å². The predicted molar refractivity (Wildman–Crippen MR) is 98.8 cm³/mol. The topological polar surface area (TPSA) is 13.1 Å². The fourth-order valence-electron chi connectivity index (χ4n) is 2.78. The number of halogens is 1. The largest absolute Gasteiger partial charge is 0.455 e. The van der Waals surface area contributed by atoms with E-state index in [0.29, 0.717) is 5.56 Å². The number of para-hydroxylation sites is 1. The van der Waals surface area contributed by atoms with Crippen molar-refractivity contribution in [3.05, 3.63) is 95.3 Å². The third-order valence-corrected chi connectivity index (χ3v) is 4.07. The van der Waals surface area contributed by atoms with Gasteiger partial charge in [-0.2, -0.15) is 0 Å². The van der Waals surface area contributed by atoms with E-state index in [1.807, 2.05) is 55.5 Å². The van der Waals surface area contributed by atoms with Gasteiger partial charge in [-0.25, -0.2) is 4.39 Å². The first-order valence-corrected chi connectivity index (χ1v) is 8.07. The summed E-state index contributed by atoms with van der Waals surface area (Å²) < 4.78 is 19.4. The highest BCUT2D eigenvalue weighted by atomic mass is 19.1. The number of fused-ring (bicyclic) bond motifs is 1. The van der Waals surface area contributed by atoms with Crippen molar-refractivity contribution in [1.82, 2.24) is 0 Å². The Morgan fingerprint density at radius 3 is 2.44 bits per heavy atom. The van der Waals surface area contributed by atoms with Crippen LogP contribution in [0.1, 0.15) is 16.7 Å². The number of furan rings is 1. The Hall–Kier alpha value is -3.31. The van der Waals surface area contributed by atoms with Gasteiger partial charge in [0.05, 0.1) is 5.56 Å². The first kappa shape index (κ1) is 15.2. The van der Waals surface area contributed by atoms with Crippen LogP contribution in [0.4, 0.5) is 4.39 Å². The lowest BCUT2D eigenvalue weighted by atomic mass is 10.0. The van der Waals surface area contributed by atoms with E-state index in [4.69, 9.17) is 4.42 Å². The number of aryl methyl sites for hydroxylation is 1. The van der Waals surface area contributed by atoms with Crippen LogP contribution in [0.15, 0.2) is 77.2 Å². The summed E-state index contributed by atoms with van der Waals surface area (Å²) in [6, 6.07) is 22.3. The molecule has 0 unspecified atom stereocenters. The second-order valence-electron chi connectivity index (χ2n) is 5.93. The van der Waals surface area contributed by atoms with Crippen LogP contribution in [0.2, 0.25) is 0 Å². The SMILES string of the molecule is Cc1ccc(-c2oc3ccccc3c2C#Cc2cccc(F)c2)cc1. The molecular formula is C23H15FO. The smallest absolute Gasteiger partial charge is 0.151 e. The van der Waals surface area contributed by atoms with Crippen LogP contribution in [-0.2, 0) is 0 Å². The van der Waals surface area contributed by atoms with Crippen molar-refractivity contribution < 1.29 is 8.81 Å². The molecule has 0 spiro atoms. The van der Waals surface area contributed by atoms with Gasteiger partial charge in [0.25, 0.3) is 0 Å². The highest BCUT2D eigenvalue weighted by molar-refractivity contribution is 5.91. The molecule has 2 heteroatoms. The molecule has 0 N–H and O–H groups in total. The molecule has 1 heterocycles. The molecule has 0 aliphatic carbocycles. The minimum atomic E-state index is -0.289. The van der Waals surface area contributed by atoms with Crippen molar-refractivity contribution in [2.75, 3.05) is 0 Å². The van der Waals surface area contributed by atoms with E-state index in [2.05, 4.69) is 11.8 Å². The Morgan fingerprint density at radius 2 is 1.64 bits per heavy atom. The quantitative estimate of drug-likeness (QED) is 0.394. The van der Waals surface area contributed by atoms with Crippen LogP contribution in [0.3, 0.4) is 0 Å². The van der Waals surface area contributed by atoms with Crippen molar-refractivity contribution in [2.45, 2.75) is 6.92 Å². The lowest BCUT2D eigenvalue weighted by Crippen LogP contribution is -1.82. The molecule has 4 aromatic rings. The fourth-order valence-corrected chi connectivity index (χ4v) is 2.78. The molecule has 1 nitrogen and oxygen atoms in total. The van der Waals surface area contributed by atoms with Crippen LogP contribution in [0.25, 0.3) is 22.3 Å². The zero-order valence-electron chi connectivity index (χ0n) is 13.7. The van der Waals surface area contributed by atoms with Crippen LogP contribution in [0.5, 0.6) is 0 Å². The molecule has 0 saturated heterocycles. The van der Waals surface area contributed by atoms with E-state index < -0.39 is 0 Å². The van der Waals surface area contributed by atoms with Crippen molar-refractivity contribution in [3.8, 4) is 23.2 Å². The van der Waals surface area contributed by atoms with E-state index in [-0.39, 0.29) is 5.82 Å². The van der Waals surface area contributed by atoms with Crippen molar-refractivity contribution in [2.24, 2.45) is 0 Å². The van der Waals surface area contributed by atoms with Crippen LogP contribution >= 0.6 is 0 Å².